The normalized spacial score (nSPS) is 12.8. The van der Waals surface area contributed by atoms with Crippen LogP contribution < -0.4 is 4.74 Å². The summed E-state index contributed by atoms with van der Waals surface area (Å²) in [6.07, 6.45) is 1.10. The smallest absolute Gasteiger partial charge is 0.178 e. The van der Waals surface area contributed by atoms with Crippen molar-refractivity contribution in [2.24, 2.45) is 0 Å². The first-order valence-corrected chi connectivity index (χ1v) is 6.95. The molecule has 0 aliphatic carbocycles. The van der Waals surface area contributed by atoms with Crippen LogP contribution in [-0.4, -0.2) is 29.4 Å². The van der Waals surface area contributed by atoms with Gasteiger partial charge in [-0.25, -0.2) is 0 Å². The number of H-pyrrole nitrogens is 1. The van der Waals surface area contributed by atoms with E-state index in [9.17, 15) is 0 Å². The lowest BCUT2D eigenvalue weighted by Gasteiger charge is -2.11. The third kappa shape index (κ3) is 2.98. The van der Waals surface area contributed by atoms with E-state index in [2.05, 4.69) is 16.5 Å². The standard InChI is InChI=1S/C14H20N2O2S/c1-4-8-18-12-7-5-6-11-13(12)15-14(19)16(11)9-10(2)17-3/h5-7,10H,4,8-9H2,1-3H3,(H,15,19). The van der Waals surface area contributed by atoms with Gasteiger partial charge in [0.2, 0.25) is 0 Å². The molecule has 19 heavy (non-hydrogen) atoms. The van der Waals surface area contributed by atoms with Gasteiger partial charge in [-0.15, -0.1) is 0 Å². The largest absolute Gasteiger partial charge is 0.491 e. The molecule has 1 unspecified atom stereocenters. The lowest BCUT2D eigenvalue weighted by atomic mass is 10.3. The highest BCUT2D eigenvalue weighted by molar-refractivity contribution is 7.71. The first-order chi connectivity index (χ1) is 9.17. The number of benzene rings is 1. The maximum atomic E-state index is 5.75. The van der Waals surface area contributed by atoms with Crippen molar-refractivity contribution in [3.63, 3.8) is 0 Å². The van der Waals surface area contributed by atoms with Gasteiger partial charge in [-0.05, 0) is 37.7 Å². The fourth-order valence-corrected chi connectivity index (χ4v) is 2.27. The Morgan fingerprint density at radius 3 is 2.89 bits per heavy atom. The number of para-hydroxylation sites is 1. The van der Waals surface area contributed by atoms with Crippen molar-refractivity contribution in [2.45, 2.75) is 32.9 Å². The Balaban J connectivity index is 2.43. The minimum atomic E-state index is 0.117. The van der Waals surface area contributed by atoms with Crippen molar-refractivity contribution in [3.05, 3.63) is 23.0 Å². The second-order valence-corrected chi connectivity index (χ2v) is 4.97. The first kappa shape index (κ1) is 14.1. The van der Waals surface area contributed by atoms with Crippen molar-refractivity contribution in [1.82, 2.24) is 9.55 Å². The van der Waals surface area contributed by atoms with Crippen molar-refractivity contribution in [3.8, 4) is 5.75 Å². The maximum absolute atomic E-state index is 5.75. The number of ether oxygens (including phenoxy) is 2. The maximum Gasteiger partial charge on any atom is 0.178 e. The molecule has 0 aliphatic heterocycles. The van der Waals surface area contributed by atoms with Crippen LogP contribution in [0.2, 0.25) is 0 Å². The zero-order valence-corrected chi connectivity index (χ0v) is 12.4. The fraction of sp³-hybridized carbons (Fsp3) is 0.500. The van der Waals surface area contributed by atoms with Gasteiger partial charge in [-0.1, -0.05) is 13.0 Å². The number of hydrogen-bond donors (Lipinski definition) is 1. The highest BCUT2D eigenvalue weighted by Gasteiger charge is 2.11. The summed E-state index contributed by atoms with van der Waals surface area (Å²) in [6, 6.07) is 6.00. The molecule has 0 aliphatic rings. The van der Waals surface area contributed by atoms with Gasteiger partial charge in [0.1, 0.15) is 11.3 Å². The van der Waals surface area contributed by atoms with Gasteiger partial charge in [-0.2, -0.15) is 0 Å². The molecule has 0 saturated carbocycles. The monoisotopic (exact) mass is 280 g/mol. The summed E-state index contributed by atoms with van der Waals surface area (Å²) < 4.78 is 13.8. The molecule has 1 heterocycles. The molecule has 0 spiro atoms. The van der Waals surface area contributed by atoms with Crippen LogP contribution in [-0.2, 0) is 11.3 Å². The predicted octanol–water partition coefficient (Wildman–Crippen LogP) is 3.52. The molecule has 1 atom stereocenters. The van der Waals surface area contributed by atoms with Crippen molar-refractivity contribution in [1.29, 1.82) is 0 Å². The number of hydrogen-bond acceptors (Lipinski definition) is 3. The lowest BCUT2D eigenvalue weighted by molar-refractivity contribution is 0.104. The van der Waals surface area contributed by atoms with Crippen molar-refractivity contribution in [2.75, 3.05) is 13.7 Å². The van der Waals surface area contributed by atoms with Crippen molar-refractivity contribution < 1.29 is 9.47 Å². The van der Waals surface area contributed by atoms with Gasteiger partial charge >= 0.3 is 0 Å². The molecule has 2 aromatic rings. The molecule has 0 radical (unpaired) electrons. The Morgan fingerprint density at radius 2 is 2.21 bits per heavy atom. The summed E-state index contributed by atoms with van der Waals surface area (Å²) in [4.78, 5) is 3.23. The molecular formula is C14H20N2O2S. The van der Waals surface area contributed by atoms with Gasteiger partial charge in [0.25, 0.3) is 0 Å². The van der Waals surface area contributed by atoms with Crippen molar-refractivity contribution >= 4 is 23.3 Å². The molecule has 0 bridgehead atoms. The van der Waals surface area contributed by atoms with E-state index in [0.717, 1.165) is 29.7 Å². The lowest BCUT2D eigenvalue weighted by Crippen LogP contribution is -2.14. The molecule has 0 saturated heterocycles. The number of aromatic nitrogens is 2. The average Bonchev–Trinajstić information content (AvgIpc) is 2.73. The number of nitrogens with one attached hydrogen (secondary N) is 1. The number of aromatic amines is 1. The van der Waals surface area contributed by atoms with Gasteiger partial charge in [0, 0.05) is 7.11 Å². The van der Waals surface area contributed by atoms with E-state index < -0.39 is 0 Å². The van der Waals surface area contributed by atoms with Crippen LogP contribution in [0.5, 0.6) is 5.75 Å². The Morgan fingerprint density at radius 1 is 1.42 bits per heavy atom. The quantitative estimate of drug-likeness (QED) is 0.823. The number of fused-ring (bicyclic) bond motifs is 1. The van der Waals surface area contributed by atoms with E-state index in [4.69, 9.17) is 21.7 Å². The topological polar surface area (TPSA) is 39.2 Å². The number of nitrogens with zero attached hydrogens (tertiary/aromatic N) is 1. The summed E-state index contributed by atoms with van der Waals surface area (Å²) in [5.74, 6) is 0.856. The zero-order valence-electron chi connectivity index (χ0n) is 11.6. The van der Waals surface area contributed by atoms with Gasteiger partial charge < -0.3 is 19.0 Å². The van der Waals surface area contributed by atoms with E-state index in [0.29, 0.717) is 11.4 Å². The van der Waals surface area contributed by atoms with E-state index in [1.54, 1.807) is 7.11 Å². The minimum absolute atomic E-state index is 0.117. The van der Waals surface area contributed by atoms with Gasteiger partial charge in [0.05, 0.1) is 24.8 Å². The van der Waals surface area contributed by atoms with E-state index >= 15 is 0 Å². The average molecular weight is 280 g/mol. The SMILES string of the molecule is CCCOc1cccc2c1[nH]c(=S)n2CC(C)OC. The second-order valence-electron chi connectivity index (χ2n) is 4.59. The molecular weight excluding hydrogens is 260 g/mol. The summed E-state index contributed by atoms with van der Waals surface area (Å²) in [6.45, 7) is 5.55. The summed E-state index contributed by atoms with van der Waals surface area (Å²) in [5.41, 5.74) is 2.02. The molecule has 1 N–H and O–H groups in total. The molecule has 0 fully saturated rings. The van der Waals surface area contributed by atoms with Crippen LogP contribution in [0.25, 0.3) is 11.0 Å². The Labute approximate surface area is 118 Å². The third-order valence-corrected chi connectivity index (χ3v) is 3.40. The molecule has 5 heteroatoms. The summed E-state index contributed by atoms with van der Waals surface area (Å²) >= 11 is 5.39. The summed E-state index contributed by atoms with van der Waals surface area (Å²) in [5, 5.41) is 0. The predicted molar refractivity (Wildman–Crippen MR) is 79.4 cm³/mol. The molecule has 1 aromatic carbocycles. The number of imidazole rings is 1. The van der Waals surface area contributed by atoms with Crippen LogP contribution in [0.4, 0.5) is 0 Å². The minimum Gasteiger partial charge on any atom is -0.491 e. The van der Waals surface area contributed by atoms with Crippen LogP contribution in [0.1, 0.15) is 20.3 Å². The first-order valence-electron chi connectivity index (χ1n) is 6.54. The molecule has 4 nitrogen and oxygen atoms in total. The van der Waals surface area contributed by atoms with Gasteiger partial charge in [0.15, 0.2) is 4.77 Å². The van der Waals surface area contributed by atoms with Gasteiger partial charge in [-0.3, -0.25) is 0 Å². The summed E-state index contributed by atoms with van der Waals surface area (Å²) in [7, 11) is 1.71. The highest BCUT2D eigenvalue weighted by Crippen LogP contribution is 2.25. The van der Waals surface area contributed by atoms with Crippen LogP contribution in [0, 0.1) is 4.77 Å². The Hall–Kier alpha value is -1.33. The number of rotatable bonds is 6. The molecule has 1 aromatic heterocycles. The fourth-order valence-electron chi connectivity index (χ4n) is 2.00. The third-order valence-electron chi connectivity index (χ3n) is 3.08. The van der Waals surface area contributed by atoms with Crippen LogP contribution in [0.3, 0.4) is 0 Å². The highest BCUT2D eigenvalue weighted by atomic mass is 32.1. The van der Waals surface area contributed by atoms with Crippen LogP contribution in [0.15, 0.2) is 18.2 Å². The Bertz CT molecular complexity index is 603. The van der Waals surface area contributed by atoms with E-state index in [1.165, 1.54) is 0 Å². The molecule has 0 amide bonds. The molecule has 104 valence electrons. The zero-order chi connectivity index (χ0) is 13.8. The van der Waals surface area contributed by atoms with Crippen LogP contribution >= 0.6 is 12.2 Å². The Kier molecular flexibility index (Phi) is 4.61. The van der Waals surface area contributed by atoms with E-state index in [1.807, 2.05) is 25.1 Å². The number of methoxy groups -OCH3 is 1. The molecule has 2 rings (SSSR count). The second kappa shape index (κ2) is 6.21. The van der Waals surface area contributed by atoms with E-state index in [-0.39, 0.29) is 6.10 Å².